The van der Waals surface area contributed by atoms with E-state index in [-0.39, 0.29) is 6.54 Å². The Morgan fingerprint density at radius 3 is 2.45 bits per heavy atom. The van der Waals surface area contributed by atoms with Crippen molar-refractivity contribution in [3.63, 3.8) is 0 Å². The van der Waals surface area contributed by atoms with Gasteiger partial charge in [0, 0.05) is 6.54 Å². The van der Waals surface area contributed by atoms with Crippen molar-refractivity contribution in [3.05, 3.63) is 35.4 Å². The van der Waals surface area contributed by atoms with Crippen LogP contribution in [0.25, 0.3) is 0 Å². The van der Waals surface area contributed by atoms with Gasteiger partial charge in [0.1, 0.15) is 18.2 Å². The van der Waals surface area contributed by atoms with Crippen molar-refractivity contribution in [1.29, 1.82) is 0 Å². The van der Waals surface area contributed by atoms with Crippen LogP contribution in [0.1, 0.15) is 30.1 Å². The van der Waals surface area contributed by atoms with Crippen LogP contribution < -0.4 is 0 Å². The lowest BCUT2D eigenvalue weighted by Crippen LogP contribution is -2.40. The minimum atomic E-state index is -4.59. The van der Waals surface area contributed by atoms with Gasteiger partial charge >= 0.3 is 6.18 Å². The molecule has 1 rings (SSSR count). The van der Waals surface area contributed by atoms with E-state index in [0.717, 1.165) is 6.07 Å². The molecule has 1 aromatic carbocycles. The molecule has 0 fully saturated rings. The van der Waals surface area contributed by atoms with Crippen LogP contribution in [-0.2, 0) is 0 Å². The van der Waals surface area contributed by atoms with E-state index < -0.39 is 35.8 Å². The third-order valence-corrected chi connectivity index (χ3v) is 2.60. The van der Waals surface area contributed by atoms with Crippen LogP contribution in [0.4, 0.5) is 22.0 Å². The number of unbranched alkanes of at least 4 members (excludes halogenated alkanes) is 1. The number of amides is 1. The molecular weight excluding hydrogens is 281 g/mol. The van der Waals surface area contributed by atoms with E-state index in [9.17, 15) is 26.7 Å². The molecule has 0 spiro atoms. The first-order valence-corrected chi connectivity index (χ1v) is 6.05. The first-order chi connectivity index (χ1) is 9.24. The van der Waals surface area contributed by atoms with Gasteiger partial charge in [-0.05, 0) is 24.6 Å². The van der Waals surface area contributed by atoms with Gasteiger partial charge in [0.2, 0.25) is 0 Å². The Balaban J connectivity index is 2.99. The van der Waals surface area contributed by atoms with Gasteiger partial charge in [0.15, 0.2) is 0 Å². The van der Waals surface area contributed by atoms with Crippen molar-refractivity contribution < 1.29 is 26.7 Å². The monoisotopic (exact) mass is 295 g/mol. The number of alkyl halides is 3. The van der Waals surface area contributed by atoms with E-state index in [2.05, 4.69) is 0 Å². The molecule has 0 radical (unpaired) electrons. The fourth-order valence-corrected chi connectivity index (χ4v) is 1.65. The quantitative estimate of drug-likeness (QED) is 0.757. The van der Waals surface area contributed by atoms with E-state index in [1.165, 1.54) is 0 Å². The fourth-order valence-electron chi connectivity index (χ4n) is 1.65. The highest BCUT2D eigenvalue weighted by Gasteiger charge is 2.33. The number of halogens is 5. The fraction of sp³-hybridized carbons (Fsp3) is 0.462. The van der Waals surface area contributed by atoms with E-state index in [1.807, 2.05) is 0 Å². The van der Waals surface area contributed by atoms with E-state index >= 15 is 0 Å². The molecular formula is C13H14F5NO. The van der Waals surface area contributed by atoms with Crippen molar-refractivity contribution >= 4 is 5.91 Å². The maximum absolute atomic E-state index is 13.4. The number of rotatable bonds is 5. The van der Waals surface area contributed by atoms with Crippen molar-refractivity contribution in [2.45, 2.75) is 25.9 Å². The van der Waals surface area contributed by atoms with E-state index in [1.54, 1.807) is 6.92 Å². The van der Waals surface area contributed by atoms with Crippen molar-refractivity contribution in [2.75, 3.05) is 13.1 Å². The Labute approximate surface area is 113 Å². The van der Waals surface area contributed by atoms with Crippen LogP contribution >= 0.6 is 0 Å². The van der Waals surface area contributed by atoms with Crippen LogP contribution in [0.3, 0.4) is 0 Å². The molecule has 0 bridgehead atoms. The Bertz CT molecular complexity index is 472. The summed E-state index contributed by atoms with van der Waals surface area (Å²) < 4.78 is 63.7. The smallest absolute Gasteiger partial charge is 0.329 e. The average Bonchev–Trinajstić information content (AvgIpc) is 2.35. The van der Waals surface area contributed by atoms with Gasteiger partial charge in [0.05, 0.1) is 5.56 Å². The SMILES string of the molecule is CCCCN(CC(F)(F)F)C(=O)c1cc(F)ccc1F. The van der Waals surface area contributed by atoms with Crippen LogP contribution in [-0.4, -0.2) is 30.1 Å². The normalized spacial score (nSPS) is 11.5. The summed E-state index contributed by atoms with van der Waals surface area (Å²) in [5, 5.41) is 0. The topological polar surface area (TPSA) is 20.3 Å². The number of carbonyl (C=O) groups is 1. The summed E-state index contributed by atoms with van der Waals surface area (Å²) >= 11 is 0. The molecule has 7 heteroatoms. The molecule has 2 nitrogen and oxygen atoms in total. The standard InChI is InChI=1S/C13H14F5NO/c1-2-3-6-19(8-13(16,17)18)12(20)10-7-9(14)4-5-11(10)15/h4-5,7H,2-3,6,8H2,1H3. The molecule has 0 aromatic heterocycles. The number of benzene rings is 1. The largest absolute Gasteiger partial charge is 0.406 e. The Morgan fingerprint density at radius 2 is 1.90 bits per heavy atom. The van der Waals surface area contributed by atoms with Crippen LogP contribution in [0.15, 0.2) is 18.2 Å². The molecule has 112 valence electrons. The van der Waals surface area contributed by atoms with Gasteiger partial charge in [-0.3, -0.25) is 4.79 Å². The van der Waals surface area contributed by atoms with Crippen molar-refractivity contribution in [1.82, 2.24) is 4.90 Å². The van der Waals surface area contributed by atoms with E-state index in [0.29, 0.717) is 29.9 Å². The molecule has 0 heterocycles. The molecule has 0 saturated carbocycles. The lowest BCUT2D eigenvalue weighted by atomic mass is 10.1. The minimum absolute atomic E-state index is 0.162. The Hall–Kier alpha value is -1.66. The molecule has 0 N–H and O–H groups in total. The highest BCUT2D eigenvalue weighted by atomic mass is 19.4. The zero-order chi connectivity index (χ0) is 15.3. The molecule has 0 atom stereocenters. The third kappa shape index (κ3) is 4.79. The Morgan fingerprint density at radius 1 is 1.25 bits per heavy atom. The van der Waals surface area contributed by atoms with Gasteiger partial charge in [-0.1, -0.05) is 13.3 Å². The second-order valence-electron chi connectivity index (χ2n) is 4.32. The van der Waals surface area contributed by atoms with E-state index in [4.69, 9.17) is 0 Å². The molecule has 1 amide bonds. The second kappa shape index (κ2) is 6.67. The van der Waals surface area contributed by atoms with Gasteiger partial charge < -0.3 is 4.90 Å². The molecule has 0 aliphatic carbocycles. The molecule has 0 aliphatic heterocycles. The highest BCUT2D eigenvalue weighted by Crippen LogP contribution is 2.20. The molecule has 1 aromatic rings. The first kappa shape index (κ1) is 16.4. The lowest BCUT2D eigenvalue weighted by Gasteiger charge is -2.24. The molecule has 0 unspecified atom stereocenters. The number of hydrogen-bond donors (Lipinski definition) is 0. The van der Waals surface area contributed by atoms with Crippen LogP contribution in [0, 0.1) is 11.6 Å². The van der Waals surface area contributed by atoms with Gasteiger partial charge in [-0.25, -0.2) is 8.78 Å². The summed E-state index contributed by atoms with van der Waals surface area (Å²) in [6, 6.07) is 2.12. The van der Waals surface area contributed by atoms with Crippen molar-refractivity contribution in [3.8, 4) is 0 Å². The summed E-state index contributed by atoms with van der Waals surface area (Å²) in [7, 11) is 0. The van der Waals surface area contributed by atoms with Crippen molar-refractivity contribution in [2.24, 2.45) is 0 Å². The number of nitrogens with zero attached hydrogens (tertiary/aromatic N) is 1. The molecule has 0 aliphatic rings. The predicted molar refractivity (Wildman–Crippen MR) is 63.2 cm³/mol. The summed E-state index contributed by atoms with van der Waals surface area (Å²) in [6.45, 7) is 0.103. The third-order valence-electron chi connectivity index (χ3n) is 2.60. The van der Waals surface area contributed by atoms with Crippen LogP contribution in [0.2, 0.25) is 0 Å². The van der Waals surface area contributed by atoms with Gasteiger partial charge in [-0.15, -0.1) is 0 Å². The summed E-state index contributed by atoms with van der Waals surface area (Å²) in [6.07, 6.45) is -3.67. The second-order valence-corrected chi connectivity index (χ2v) is 4.32. The Kier molecular flexibility index (Phi) is 5.47. The first-order valence-electron chi connectivity index (χ1n) is 6.05. The van der Waals surface area contributed by atoms with Gasteiger partial charge in [-0.2, -0.15) is 13.2 Å². The molecule has 0 saturated heterocycles. The predicted octanol–water partition coefficient (Wildman–Crippen LogP) is 3.77. The minimum Gasteiger partial charge on any atom is -0.329 e. The van der Waals surface area contributed by atoms with Gasteiger partial charge in [0.25, 0.3) is 5.91 Å². The summed E-state index contributed by atoms with van der Waals surface area (Å²) in [4.78, 5) is 12.4. The summed E-state index contributed by atoms with van der Waals surface area (Å²) in [5.41, 5.74) is -0.689. The molecule has 20 heavy (non-hydrogen) atoms. The zero-order valence-electron chi connectivity index (χ0n) is 10.8. The maximum Gasteiger partial charge on any atom is 0.406 e. The average molecular weight is 295 g/mol. The summed E-state index contributed by atoms with van der Waals surface area (Å²) in [5.74, 6) is -3.08. The zero-order valence-corrected chi connectivity index (χ0v) is 10.8. The lowest BCUT2D eigenvalue weighted by molar-refractivity contribution is -0.140. The highest BCUT2D eigenvalue weighted by molar-refractivity contribution is 5.94. The maximum atomic E-state index is 13.4. The van der Waals surface area contributed by atoms with Crippen LogP contribution in [0.5, 0.6) is 0 Å². The number of carbonyl (C=O) groups excluding carboxylic acids is 1. The number of hydrogen-bond acceptors (Lipinski definition) is 1.